The van der Waals surface area contributed by atoms with Gasteiger partial charge in [-0.05, 0) is 54.9 Å². The van der Waals surface area contributed by atoms with Gasteiger partial charge < -0.3 is 9.84 Å². The van der Waals surface area contributed by atoms with Crippen molar-refractivity contribution in [2.45, 2.75) is 61.5 Å². The van der Waals surface area contributed by atoms with Crippen LogP contribution in [0.1, 0.15) is 49.7 Å². The molecular formula is C25H28O4S. The standard InChI is InChI=1S/C25H28O4S/c26-21-12-10-18(11-13-21)14-15-25(20-8-4-5-9-20)16-22(27)23(24(28)29-25)30-17-19-6-2-1-3-7-19/h1-3,6-7,10-13,20,23,26H,4-5,8-9,14-17H2. The zero-order chi connectivity index (χ0) is 21.0. The number of rotatable bonds is 7. The molecule has 0 amide bonds. The van der Waals surface area contributed by atoms with Crippen LogP contribution >= 0.6 is 11.8 Å². The van der Waals surface area contributed by atoms with Crippen molar-refractivity contribution in [3.8, 4) is 5.75 Å². The van der Waals surface area contributed by atoms with Crippen molar-refractivity contribution in [3.63, 3.8) is 0 Å². The van der Waals surface area contributed by atoms with Gasteiger partial charge >= 0.3 is 5.97 Å². The predicted molar refractivity (Wildman–Crippen MR) is 118 cm³/mol. The molecule has 1 heterocycles. The van der Waals surface area contributed by atoms with Gasteiger partial charge in [-0.2, -0.15) is 0 Å². The van der Waals surface area contributed by atoms with Gasteiger partial charge in [-0.15, -0.1) is 11.8 Å². The number of thioether (sulfide) groups is 1. The molecule has 1 saturated carbocycles. The zero-order valence-electron chi connectivity index (χ0n) is 17.1. The minimum atomic E-state index is -0.728. The average molecular weight is 425 g/mol. The number of hydrogen-bond acceptors (Lipinski definition) is 5. The van der Waals surface area contributed by atoms with Crippen molar-refractivity contribution in [1.82, 2.24) is 0 Å². The number of carbonyl (C=O) groups is 2. The van der Waals surface area contributed by atoms with Gasteiger partial charge in [0.1, 0.15) is 11.4 Å². The summed E-state index contributed by atoms with van der Waals surface area (Å²) in [4.78, 5) is 26.1. The molecule has 2 atom stereocenters. The van der Waals surface area contributed by atoms with Crippen molar-refractivity contribution >= 4 is 23.5 Å². The number of phenols is 1. The Hall–Kier alpha value is -2.27. The van der Waals surface area contributed by atoms with Crippen LogP contribution in [0.5, 0.6) is 5.75 Å². The maximum absolute atomic E-state index is 13.1. The maximum atomic E-state index is 13.1. The normalized spacial score (nSPS) is 24.7. The first-order chi connectivity index (χ1) is 14.6. The molecule has 2 fully saturated rings. The largest absolute Gasteiger partial charge is 0.508 e. The number of aryl methyl sites for hydroxylation is 1. The van der Waals surface area contributed by atoms with Crippen LogP contribution in [0.15, 0.2) is 54.6 Å². The number of hydrogen-bond donors (Lipinski definition) is 1. The van der Waals surface area contributed by atoms with E-state index in [0.29, 0.717) is 18.6 Å². The molecule has 2 aliphatic rings. The lowest BCUT2D eigenvalue weighted by atomic mass is 9.76. The fourth-order valence-corrected chi connectivity index (χ4v) is 5.77. The Morgan fingerprint density at radius 2 is 1.67 bits per heavy atom. The van der Waals surface area contributed by atoms with Crippen molar-refractivity contribution in [3.05, 3.63) is 65.7 Å². The lowest BCUT2D eigenvalue weighted by Gasteiger charge is -2.43. The predicted octanol–water partition coefficient (Wildman–Crippen LogP) is 5.07. The van der Waals surface area contributed by atoms with Crippen molar-refractivity contribution in [2.24, 2.45) is 5.92 Å². The highest BCUT2D eigenvalue weighted by molar-refractivity contribution is 8.00. The quantitative estimate of drug-likeness (QED) is 0.496. The summed E-state index contributed by atoms with van der Waals surface area (Å²) in [5, 5.41) is 8.78. The van der Waals surface area contributed by atoms with Crippen LogP contribution in [0.3, 0.4) is 0 Å². The third kappa shape index (κ3) is 4.72. The highest BCUT2D eigenvalue weighted by Gasteiger charge is 2.51. The van der Waals surface area contributed by atoms with Crippen LogP contribution < -0.4 is 0 Å². The van der Waals surface area contributed by atoms with Gasteiger partial charge in [0.15, 0.2) is 11.0 Å². The third-order valence-electron chi connectivity index (χ3n) is 6.42. The number of carbonyl (C=O) groups excluding carboxylic acids is 2. The summed E-state index contributed by atoms with van der Waals surface area (Å²) in [6, 6.07) is 17.0. The molecule has 0 aromatic heterocycles. The summed E-state index contributed by atoms with van der Waals surface area (Å²) in [7, 11) is 0. The van der Waals surface area contributed by atoms with Crippen LogP contribution in [0.4, 0.5) is 0 Å². The van der Waals surface area contributed by atoms with Gasteiger partial charge in [-0.25, -0.2) is 0 Å². The van der Waals surface area contributed by atoms with E-state index in [4.69, 9.17) is 4.74 Å². The van der Waals surface area contributed by atoms with Crippen LogP contribution in [-0.4, -0.2) is 27.7 Å². The van der Waals surface area contributed by atoms with Crippen molar-refractivity contribution < 1.29 is 19.4 Å². The molecule has 4 rings (SSSR count). The fraction of sp³-hybridized carbons (Fsp3) is 0.440. The molecule has 2 aromatic rings. The maximum Gasteiger partial charge on any atom is 0.327 e. The Labute approximate surface area is 182 Å². The van der Waals surface area contributed by atoms with E-state index in [-0.39, 0.29) is 23.4 Å². The monoisotopic (exact) mass is 424 g/mol. The van der Waals surface area contributed by atoms with E-state index in [1.807, 2.05) is 42.5 Å². The first kappa shape index (κ1) is 21.0. The van der Waals surface area contributed by atoms with Gasteiger partial charge in [-0.3, -0.25) is 9.59 Å². The summed E-state index contributed by atoms with van der Waals surface area (Å²) in [5.74, 6) is 0.745. The Kier molecular flexibility index (Phi) is 6.47. The molecule has 0 spiro atoms. The molecule has 1 aliphatic heterocycles. The highest BCUT2D eigenvalue weighted by atomic mass is 32.2. The molecule has 2 unspecified atom stereocenters. The molecule has 4 nitrogen and oxygen atoms in total. The number of esters is 1. The summed E-state index contributed by atoms with van der Waals surface area (Å²) in [5.41, 5.74) is 1.49. The molecule has 0 radical (unpaired) electrons. The second-order valence-electron chi connectivity index (χ2n) is 8.45. The first-order valence-electron chi connectivity index (χ1n) is 10.7. The number of aromatic hydroxyl groups is 1. The number of benzene rings is 2. The number of ketones is 1. The van der Waals surface area contributed by atoms with Crippen LogP contribution in [0, 0.1) is 5.92 Å². The zero-order valence-corrected chi connectivity index (χ0v) is 17.9. The molecule has 30 heavy (non-hydrogen) atoms. The van der Waals surface area contributed by atoms with E-state index in [0.717, 1.165) is 43.2 Å². The SMILES string of the molecule is O=C1CC(CCc2ccc(O)cc2)(C2CCCC2)OC(=O)C1SCc1ccccc1. The first-order valence-corrected chi connectivity index (χ1v) is 11.8. The van der Waals surface area contributed by atoms with Gasteiger partial charge in [-0.1, -0.05) is 55.3 Å². The lowest BCUT2D eigenvalue weighted by molar-refractivity contribution is -0.177. The smallest absolute Gasteiger partial charge is 0.327 e. The minimum absolute atomic E-state index is 0.00443. The minimum Gasteiger partial charge on any atom is -0.508 e. The van der Waals surface area contributed by atoms with E-state index in [2.05, 4.69) is 0 Å². The van der Waals surface area contributed by atoms with E-state index in [1.54, 1.807) is 12.1 Å². The molecule has 1 aliphatic carbocycles. The molecular weight excluding hydrogens is 396 g/mol. The second-order valence-corrected chi connectivity index (χ2v) is 9.55. The number of phenolic OH excluding ortho intramolecular Hbond substituents is 1. The molecule has 158 valence electrons. The van der Waals surface area contributed by atoms with Crippen molar-refractivity contribution in [1.29, 1.82) is 0 Å². The van der Waals surface area contributed by atoms with Crippen molar-refractivity contribution in [2.75, 3.05) is 0 Å². The summed E-state index contributed by atoms with van der Waals surface area (Å²) in [6.07, 6.45) is 5.96. The molecule has 5 heteroatoms. The lowest BCUT2D eigenvalue weighted by Crippen LogP contribution is -2.53. The molecule has 1 saturated heterocycles. The van der Waals surface area contributed by atoms with Gasteiger partial charge in [0.25, 0.3) is 0 Å². The molecule has 0 bridgehead atoms. The number of cyclic esters (lactones) is 1. The van der Waals surface area contributed by atoms with E-state index < -0.39 is 10.9 Å². The van der Waals surface area contributed by atoms with Crippen LogP contribution in [0.25, 0.3) is 0 Å². The number of Topliss-reactive ketones (excluding diaryl/α,β-unsaturated/α-hetero) is 1. The Morgan fingerprint density at radius 3 is 2.33 bits per heavy atom. The van der Waals surface area contributed by atoms with Gasteiger partial charge in [0.05, 0.1) is 0 Å². The number of ether oxygens (including phenoxy) is 1. The van der Waals surface area contributed by atoms with E-state index >= 15 is 0 Å². The topological polar surface area (TPSA) is 63.6 Å². The Balaban J connectivity index is 1.46. The Bertz CT molecular complexity index is 854. The van der Waals surface area contributed by atoms with Gasteiger partial charge in [0, 0.05) is 12.2 Å². The fourth-order valence-electron chi connectivity index (χ4n) is 4.77. The van der Waals surface area contributed by atoms with Crippen LogP contribution in [0.2, 0.25) is 0 Å². The molecule has 2 aromatic carbocycles. The van der Waals surface area contributed by atoms with E-state index in [1.165, 1.54) is 11.8 Å². The van der Waals surface area contributed by atoms with Crippen LogP contribution in [-0.2, 0) is 26.5 Å². The van der Waals surface area contributed by atoms with E-state index in [9.17, 15) is 14.7 Å². The Morgan fingerprint density at radius 1 is 0.967 bits per heavy atom. The summed E-state index contributed by atoms with van der Waals surface area (Å²) in [6.45, 7) is 0. The second kappa shape index (κ2) is 9.25. The summed E-state index contributed by atoms with van der Waals surface area (Å²) >= 11 is 1.37. The van der Waals surface area contributed by atoms with Gasteiger partial charge in [0.2, 0.25) is 0 Å². The third-order valence-corrected chi connectivity index (χ3v) is 7.70. The summed E-state index contributed by atoms with van der Waals surface area (Å²) < 4.78 is 6.14. The molecule has 1 N–H and O–H groups in total. The highest BCUT2D eigenvalue weighted by Crippen LogP contribution is 2.45. The average Bonchev–Trinajstić information content (AvgIpc) is 3.29.